The fraction of sp³-hybridized carbons (Fsp3) is 0.536. The Bertz CT molecular complexity index is 1110. The molecule has 8 heteroatoms. The lowest BCUT2D eigenvalue weighted by atomic mass is 10.00. The molecule has 36 heavy (non-hydrogen) atoms. The SMILES string of the molecule is Cc1ccc(CCc2nnc(C(=O)N[C@]3(C)CCN(C4C=CC(CN5CC[I+]CC5)=CC4)C3)s2)cc1. The fourth-order valence-corrected chi connectivity index (χ4v) is 8.50. The van der Waals surface area contributed by atoms with Crippen molar-refractivity contribution >= 4 is 17.2 Å². The third-order valence-electron chi connectivity index (χ3n) is 7.43. The molecule has 1 aliphatic carbocycles. The first kappa shape index (κ1) is 26.0. The molecule has 192 valence electrons. The van der Waals surface area contributed by atoms with Crippen LogP contribution in [0.4, 0.5) is 0 Å². The van der Waals surface area contributed by atoms with Crippen LogP contribution in [0.25, 0.3) is 0 Å². The van der Waals surface area contributed by atoms with Gasteiger partial charge >= 0.3 is 0 Å². The molecule has 1 N–H and O–H groups in total. The van der Waals surface area contributed by atoms with E-state index in [-0.39, 0.29) is 11.4 Å². The van der Waals surface area contributed by atoms with E-state index in [0.29, 0.717) is 32.3 Å². The minimum atomic E-state index is -0.237. The number of alkyl halides is 2. The normalized spacial score (nSPS) is 25.2. The molecule has 1 unspecified atom stereocenters. The summed E-state index contributed by atoms with van der Waals surface area (Å²) in [6, 6.07) is 9.01. The molecule has 5 rings (SSSR count). The number of carbonyl (C=O) groups is 1. The first-order chi connectivity index (χ1) is 17.5. The molecule has 1 aromatic carbocycles. The Morgan fingerprint density at radius 2 is 1.97 bits per heavy atom. The van der Waals surface area contributed by atoms with Crippen molar-refractivity contribution in [2.24, 2.45) is 0 Å². The van der Waals surface area contributed by atoms with E-state index in [1.807, 2.05) is 0 Å². The highest BCUT2D eigenvalue weighted by molar-refractivity contribution is 7.13. The summed E-state index contributed by atoms with van der Waals surface area (Å²) in [5.74, 6) is -0.0937. The first-order valence-electron chi connectivity index (χ1n) is 13.0. The van der Waals surface area contributed by atoms with Crippen LogP contribution < -0.4 is 26.5 Å². The van der Waals surface area contributed by atoms with Gasteiger partial charge in [0, 0.05) is 45.2 Å². The van der Waals surface area contributed by atoms with E-state index in [9.17, 15) is 4.79 Å². The second kappa shape index (κ2) is 11.8. The zero-order valence-corrected chi connectivity index (χ0v) is 24.4. The topological polar surface area (TPSA) is 61.4 Å². The molecule has 2 aromatic rings. The highest BCUT2D eigenvalue weighted by atomic mass is 127. The summed E-state index contributed by atoms with van der Waals surface area (Å²) in [7, 11) is 0. The third kappa shape index (κ3) is 6.82. The van der Waals surface area contributed by atoms with Crippen molar-refractivity contribution in [3.8, 4) is 0 Å². The Labute approximate surface area is 229 Å². The Balaban J connectivity index is 1.09. The number of nitrogens with zero attached hydrogens (tertiary/aromatic N) is 4. The van der Waals surface area contributed by atoms with Crippen molar-refractivity contribution in [2.45, 2.75) is 51.1 Å². The van der Waals surface area contributed by atoms with Crippen molar-refractivity contribution < 1.29 is 26.0 Å². The number of benzene rings is 1. The van der Waals surface area contributed by atoms with E-state index >= 15 is 0 Å². The number of aromatic nitrogens is 2. The van der Waals surface area contributed by atoms with E-state index in [0.717, 1.165) is 50.3 Å². The van der Waals surface area contributed by atoms with Crippen LogP contribution in [-0.2, 0) is 12.8 Å². The smallest absolute Gasteiger partial charge is 0.282 e. The van der Waals surface area contributed by atoms with Crippen LogP contribution in [0, 0.1) is 6.92 Å². The van der Waals surface area contributed by atoms with Crippen molar-refractivity contribution in [1.82, 2.24) is 25.3 Å². The number of nitrogens with one attached hydrogen (secondary N) is 1. The van der Waals surface area contributed by atoms with E-state index in [2.05, 4.69) is 81.7 Å². The molecule has 0 saturated carbocycles. The first-order valence-corrected chi connectivity index (χ1v) is 16.9. The van der Waals surface area contributed by atoms with E-state index in [1.165, 1.54) is 50.0 Å². The molecule has 0 radical (unpaired) electrons. The lowest BCUT2D eigenvalue weighted by Crippen LogP contribution is -3.64. The lowest BCUT2D eigenvalue weighted by molar-refractivity contribution is -0.663. The number of carbonyl (C=O) groups excluding carboxylic acids is 1. The van der Waals surface area contributed by atoms with Crippen LogP contribution in [0.3, 0.4) is 0 Å². The largest absolute Gasteiger partial charge is 0.343 e. The van der Waals surface area contributed by atoms with Gasteiger partial charge in [0.05, 0.1) is 5.54 Å². The van der Waals surface area contributed by atoms with Crippen molar-refractivity contribution in [3.63, 3.8) is 0 Å². The van der Waals surface area contributed by atoms with Crippen LogP contribution in [0.2, 0.25) is 0 Å². The average molecular weight is 619 g/mol. The number of likely N-dealkylation sites (tertiary alicyclic amines) is 1. The monoisotopic (exact) mass is 618 g/mol. The van der Waals surface area contributed by atoms with Crippen molar-refractivity contribution in [1.29, 1.82) is 0 Å². The molecular weight excluding hydrogens is 581 g/mol. The second-order valence-electron chi connectivity index (χ2n) is 10.5. The zero-order chi connectivity index (χ0) is 25.0. The number of halogens is 1. The van der Waals surface area contributed by atoms with Crippen LogP contribution in [0.15, 0.2) is 48.1 Å². The maximum absolute atomic E-state index is 13.0. The minimum absolute atomic E-state index is 0.0937. The van der Waals surface area contributed by atoms with Crippen LogP contribution >= 0.6 is 11.3 Å². The molecule has 2 fully saturated rings. The number of rotatable bonds is 8. The molecule has 2 atom stereocenters. The summed E-state index contributed by atoms with van der Waals surface area (Å²) in [5.41, 5.74) is 3.78. The van der Waals surface area contributed by atoms with E-state index in [4.69, 9.17) is 0 Å². The predicted molar refractivity (Wildman–Crippen MR) is 142 cm³/mol. The number of amides is 1. The second-order valence-corrected chi connectivity index (χ2v) is 14.8. The minimum Gasteiger partial charge on any atom is -0.343 e. The third-order valence-corrected chi connectivity index (χ3v) is 10.9. The highest BCUT2D eigenvalue weighted by Gasteiger charge is 2.38. The van der Waals surface area contributed by atoms with Gasteiger partial charge in [-0.15, -0.1) is 10.2 Å². The Morgan fingerprint density at radius 3 is 2.72 bits per heavy atom. The molecule has 3 aliphatic rings. The Kier molecular flexibility index (Phi) is 8.55. The molecule has 3 heterocycles. The maximum atomic E-state index is 13.0. The van der Waals surface area contributed by atoms with Gasteiger partial charge < -0.3 is 5.32 Å². The summed E-state index contributed by atoms with van der Waals surface area (Å²) in [6.45, 7) is 9.81. The molecule has 0 spiro atoms. The average Bonchev–Trinajstić information content (AvgIpc) is 3.52. The summed E-state index contributed by atoms with van der Waals surface area (Å²) < 4.78 is 2.89. The van der Waals surface area contributed by atoms with E-state index in [1.54, 1.807) is 0 Å². The maximum Gasteiger partial charge on any atom is 0.282 e. The van der Waals surface area contributed by atoms with Crippen LogP contribution in [0.5, 0.6) is 0 Å². The molecule has 0 bridgehead atoms. The van der Waals surface area contributed by atoms with Crippen LogP contribution in [-0.4, -0.2) is 79.1 Å². The molecule has 1 amide bonds. The van der Waals surface area contributed by atoms with Crippen LogP contribution in [0.1, 0.15) is 45.7 Å². The quantitative estimate of drug-likeness (QED) is 0.345. The number of hydrogen-bond donors (Lipinski definition) is 1. The molecule has 6 nitrogen and oxygen atoms in total. The molecular formula is C28H37IN5OS+. The fourth-order valence-electron chi connectivity index (χ4n) is 5.18. The van der Waals surface area contributed by atoms with Gasteiger partial charge in [0.2, 0.25) is 5.01 Å². The predicted octanol–water partition coefficient (Wildman–Crippen LogP) is 0.485. The standard InChI is InChI=1S/C28H36IN5OS/c1-21-3-5-22(6-4-21)9-12-25-31-32-27(36-25)26(35)30-28(2)13-16-34(20-28)24-10-7-23(8-11-24)19-33-17-14-29-15-18-33/h3-8,10,24H,9,11-20H2,1-2H3/p+1/t24?,28-/m1/s1. The summed E-state index contributed by atoms with van der Waals surface area (Å²) in [5, 5.41) is 13.2. The Morgan fingerprint density at radius 1 is 1.17 bits per heavy atom. The van der Waals surface area contributed by atoms with Crippen molar-refractivity contribution in [2.75, 3.05) is 41.6 Å². The molecule has 1 aromatic heterocycles. The number of aryl methyl sites for hydroxylation is 3. The zero-order valence-electron chi connectivity index (χ0n) is 21.4. The summed E-state index contributed by atoms with van der Waals surface area (Å²) in [4.78, 5) is 18.1. The number of hydrogen-bond acceptors (Lipinski definition) is 6. The van der Waals surface area contributed by atoms with Gasteiger partial charge in [-0.25, -0.2) is 0 Å². The van der Waals surface area contributed by atoms with E-state index < -0.39 is 0 Å². The van der Waals surface area contributed by atoms with Gasteiger partial charge in [-0.05, 0) is 44.2 Å². The van der Waals surface area contributed by atoms with Gasteiger partial charge in [0.25, 0.3) is 27.1 Å². The van der Waals surface area contributed by atoms with Gasteiger partial charge in [-0.3, -0.25) is 14.6 Å². The van der Waals surface area contributed by atoms with Gasteiger partial charge in [0.1, 0.15) is 5.01 Å². The highest BCUT2D eigenvalue weighted by Crippen LogP contribution is 2.27. The van der Waals surface area contributed by atoms with Gasteiger partial charge in [-0.2, -0.15) is 0 Å². The lowest BCUT2D eigenvalue weighted by Gasteiger charge is -2.30. The molecule has 2 saturated heterocycles. The summed E-state index contributed by atoms with van der Waals surface area (Å²) >= 11 is 1.90. The Hall–Kier alpha value is -1.62. The van der Waals surface area contributed by atoms with Gasteiger partial charge in [-0.1, -0.05) is 59.4 Å². The van der Waals surface area contributed by atoms with Gasteiger partial charge in [0.15, 0.2) is 8.86 Å². The summed E-state index contributed by atoms with van der Waals surface area (Å²) in [6.07, 6.45) is 10.9. The van der Waals surface area contributed by atoms with Crippen molar-refractivity contribution in [3.05, 3.63) is 69.2 Å². The molecule has 2 aliphatic heterocycles.